The Labute approximate surface area is 161 Å². The van der Waals surface area contributed by atoms with E-state index in [1.54, 1.807) is 0 Å². The first-order chi connectivity index (χ1) is 12.3. The second-order valence-electron chi connectivity index (χ2n) is 6.36. The number of halogens is 1. The van der Waals surface area contributed by atoms with Gasteiger partial charge in [0.25, 0.3) is 0 Å². The van der Waals surface area contributed by atoms with Crippen molar-refractivity contribution in [2.75, 3.05) is 4.43 Å². The Morgan fingerprint density at radius 3 is 1.80 bits per heavy atom. The van der Waals surface area contributed by atoms with Crippen LogP contribution in [0.5, 0.6) is 0 Å². The van der Waals surface area contributed by atoms with Crippen molar-refractivity contribution in [3.05, 3.63) is 71.8 Å². The summed E-state index contributed by atoms with van der Waals surface area (Å²) < 4.78 is 25.6. The molecule has 2 fully saturated rings. The van der Waals surface area contributed by atoms with Crippen molar-refractivity contribution in [2.45, 2.75) is 43.9 Å². The van der Waals surface area contributed by atoms with Gasteiger partial charge in [0, 0.05) is 15.6 Å². The van der Waals surface area contributed by atoms with Crippen molar-refractivity contribution in [2.24, 2.45) is 0 Å². The molecule has 2 aromatic carbocycles. The van der Waals surface area contributed by atoms with E-state index in [9.17, 15) is 0 Å². The van der Waals surface area contributed by atoms with Crippen molar-refractivity contribution in [1.29, 1.82) is 0 Å². The predicted octanol–water partition coefficient (Wildman–Crippen LogP) is 4.41. The van der Waals surface area contributed by atoms with Crippen LogP contribution in [-0.2, 0) is 18.9 Å². The van der Waals surface area contributed by atoms with Gasteiger partial charge in [0.1, 0.15) is 12.2 Å². The minimum absolute atomic E-state index is 0.0397. The quantitative estimate of drug-likeness (QED) is 0.511. The Morgan fingerprint density at radius 1 is 0.720 bits per heavy atom. The molecule has 2 saturated heterocycles. The van der Waals surface area contributed by atoms with E-state index in [4.69, 9.17) is 18.9 Å². The molecule has 0 aliphatic carbocycles. The molecule has 0 amide bonds. The molecule has 2 aromatic rings. The number of fused-ring (bicyclic) bond motifs is 1. The zero-order valence-electron chi connectivity index (χ0n) is 14.0. The van der Waals surface area contributed by atoms with Crippen LogP contribution in [0.25, 0.3) is 0 Å². The molecule has 6 atom stereocenters. The van der Waals surface area contributed by atoms with Crippen LogP contribution in [0, 0.1) is 0 Å². The summed E-state index contributed by atoms with van der Waals surface area (Å²) >= 11 is 2.35. The van der Waals surface area contributed by atoms with Crippen molar-refractivity contribution < 1.29 is 18.9 Å². The molecule has 2 unspecified atom stereocenters. The van der Waals surface area contributed by atoms with Gasteiger partial charge < -0.3 is 18.9 Å². The third-order valence-corrected chi connectivity index (χ3v) is 5.51. The van der Waals surface area contributed by atoms with Crippen LogP contribution < -0.4 is 0 Å². The molecule has 25 heavy (non-hydrogen) atoms. The smallest absolute Gasteiger partial charge is 0.184 e. The van der Waals surface area contributed by atoms with Gasteiger partial charge in [-0.1, -0.05) is 83.3 Å². The topological polar surface area (TPSA) is 36.9 Å². The first-order valence-electron chi connectivity index (χ1n) is 8.54. The lowest BCUT2D eigenvalue weighted by atomic mass is 10.00. The predicted molar refractivity (Wildman–Crippen MR) is 102 cm³/mol. The highest BCUT2D eigenvalue weighted by molar-refractivity contribution is 14.1. The zero-order valence-corrected chi connectivity index (χ0v) is 16.1. The van der Waals surface area contributed by atoms with Crippen LogP contribution >= 0.6 is 22.6 Å². The second kappa shape index (κ2) is 7.72. The maximum Gasteiger partial charge on any atom is 0.184 e. The van der Waals surface area contributed by atoms with E-state index in [-0.39, 0.29) is 37.0 Å². The molecule has 0 radical (unpaired) electrons. The largest absolute Gasteiger partial charge is 0.343 e. The SMILES string of the molecule is C[C@H]1OC(c2ccccc2)O[C@H]2[C@@H]1OC(c1ccccc1)O[C@H]2CI. The highest BCUT2D eigenvalue weighted by Crippen LogP contribution is 2.40. The van der Waals surface area contributed by atoms with Crippen molar-refractivity contribution in [3.63, 3.8) is 0 Å². The average Bonchev–Trinajstić information content (AvgIpc) is 2.68. The standard InChI is InChI=1S/C20H21IO4/c1-13-17-18(25-19(22-13)14-8-4-2-5-9-14)16(12-21)23-20(24-17)15-10-6-3-7-11-15/h2-11,13,16-20H,12H2,1H3/t13-,16+,17-,18-,19?,20?/m1/s1. The van der Waals surface area contributed by atoms with Gasteiger partial charge in [0.15, 0.2) is 12.6 Å². The normalized spacial score (nSPS) is 35.1. The summed E-state index contributed by atoms with van der Waals surface area (Å²) in [5.74, 6) is 0. The Hall–Kier alpha value is -0.990. The highest BCUT2D eigenvalue weighted by Gasteiger charge is 2.48. The molecule has 4 nitrogen and oxygen atoms in total. The van der Waals surface area contributed by atoms with Crippen LogP contribution in [0.3, 0.4) is 0 Å². The van der Waals surface area contributed by atoms with Crippen molar-refractivity contribution in [3.8, 4) is 0 Å². The molecule has 2 aliphatic rings. The molecule has 4 rings (SSSR count). The van der Waals surface area contributed by atoms with Gasteiger partial charge in [-0.2, -0.15) is 0 Å². The van der Waals surface area contributed by atoms with Gasteiger partial charge >= 0.3 is 0 Å². The summed E-state index contributed by atoms with van der Waals surface area (Å²) in [6.45, 7) is 2.05. The maximum atomic E-state index is 6.26. The van der Waals surface area contributed by atoms with Gasteiger partial charge in [-0.3, -0.25) is 0 Å². The highest BCUT2D eigenvalue weighted by atomic mass is 127. The monoisotopic (exact) mass is 452 g/mol. The number of ether oxygens (including phenoxy) is 4. The van der Waals surface area contributed by atoms with E-state index in [0.29, 0.717) is 0 Å². The van der Waals surface area contributed by atoms with Crippen LogP contribution in [0.4, 0.5) is 0 Å². The van der Waals surface area contributed by atoms with Gasteiger partial charge in [-0.25, -0.2) is 0 Å². The number of benzene rings is 2. The summed E-state index contributed by atoms with van der Waals surface area (Å²) in [5, 5.41) is 0. The molecular formula is C20H21IO4. The zero-order chi connectivity index (χ0) is 17.2. The van der Waals surface area contributed by atoms with Gasteiger partial charge in [0.2, 0.25) is 0 Å². The summed E-state index contributed by atoms with van der Waals surface area (Å²) in [6.07, 6.45) is -1.19. The molecule has 0 bridgehead atoms. The lowest BCUT2D eigenvalue weighted by molar-refractivity contribution is -0.376. The second-order valence-corrected chi connectivity index (χ2v) is 7.24. The molecule has 132 valence electrons. The van der Waals surface area contributed by atoms with Gasteiger partial charge in [0.05, 0.1) is 12.2 Å². The summed E-state index contributed by atoms with van der Waals surface area (Å²) in [6, 6.07) is 20.1. The maximum absolute atomic E-state index is 6.26. The third-order valence-electron chi connectivity index (χ3n) is 4.65. The lowest BCUT2D eigenvalue weighted by Crippen LogP contribution is -2.57. The van der Waals surface area contributed by atoms with E-state index in [1.807, 2.05) is 67.6 Å². The molecule has 2 aliphatic heterocycles. The lowest BCUT2D eigenvalue weighted by Gasteiger charge is -2.48. The first kappa shape index (κ1) is 17.4. The minimum Gasteiger partial charge on any atom is -0.343 e. The Bertz CT molecular complexity index is 681. The summed E-state index contributed by atoms with van der Waals surface area (Å²) in [7, 11) is 0. The van der Waals surface area contributed by atoms with E-state index in [1.165, 1.54) is 0 Å². The fraction of sp³-hybridized carbons (Fsp3) is 0.400. The average molecular weight is 452 g/mol. The van der Waals surface area contributed by atoms with E-state index in [2.05, 4.69) is 22.6 Å². The number of hydrogen-bond acceptors (Lipinski definition) is 4. The summed E-state index contributed by atoms with van der Waals surface area (Å²) in [5.41, 5.74) is 2.04. The Kier molecular flexibility index (Phi) is 5.38. The number of hydrogen-bond donors (Lipinski definition) is 0. The van der Waals surface area contributed by atoms with Crippen LogP contribution in [0.1, 0.15) is 30.6 Å². The fourth-order valence-electron chi connectivity index (χ4n) is 3.35. The number of alkyl halides is 1. The fourth-order valence-corrected chi connectivity index (χ4v) is 4.06. The molecule has 2 heterocycles. The van der Waals surface area contributed by atoms with Crippen LogP contribution in [0.15, 0.2) is 60.7 Å². The van der Waals surface area contributed by atoms with Gasteiger partial charge in [-0.05, 0) is 6.92 Å². The van der Waals surface area contributed by atoms with E-state index >= 15 is 0 Å². The summed E-state index contributed by atoms with van der Waals surface area (Å²) in [4.78, 5) is 0. The molecule has 5 heteroatoms. The van der Waals surface area contributed by atoms with Gasteiger partial charge in [-0.15, -0.1) is 0 Å². The number of rotatable bonds is 3. The molecule has 0 saturated carbocycles. The van der Waals surface area contributed by atoms with Crippen molar-refractivity contribution >= 4 is 22.6 Å². The van der Waals surface area contributed by atoms with E-state index in [0.717, 1.165) is 15.6 Å². The molecule has 0 N–H and O–H groups in total. The van der Waals surface area contributed by atoms with E-state index < -0.39 is 0 Å². The van der Waals surface area contributed by atoms with Crippen LogP contribution in [0.2, 0.25) is 0 Å². The van der Waals surface area contributed by atoms with Crippen LogP contribution in [-0.4, -0.2) is 28.8 Å². The Balaban J connectivity index is 1.56. The molecule has 0 spiro atoms. The molecule has 0 aromatic heterocycles. The van der Waals surface area contributed by atoms with Crippen molar-refractivity contribution in [1.82, 2.24) is 0 Å². The first-order valence-corrected chi connectivity index (χ1v) is 10.1. The Morgan fingerprint density at radius 2 is 1.24 bits per heavy atom. The minimum atomic E-state index is -0.386. The third kappa shape index (κ3) is 3.61. The molecular weight excluding hydrogens is 431 g/mol.